The molecule has 0 amide bonds. The van der Waals surface area contributed by atoms with Crippen molar-refractivity contribution in [1.29, 1.82) is 0 Å². The Balaban J connectivity index is 1.04. The molecule has 1 aliphatic rings. The fraction of sp³-hybridized carbons (Fsp3) is 0.0536. The van der Waals surface area contributed by atoms with Gasteiger partial charge in [0.2, 0.25) is 0 Å². The van der Waals surface area contributed by atoms with Crippen LogP contribution in [0.3, 0.4) is 0 Å². The van der Waals surface area contributed by atoms with Crippen molar-refractivity contribution in [3.05, 3.63) is 205 Å². The lowest BCUT2D eigenvalue weighted by Crippen LogP contribution is -2.17. The molecule has 0 unspecified atom stereocenters. The molecule has 2 aromatic heterocycles. The Labute approximate surface area is 347 Å². The van der Waals surface area contributed by atoms with Crippen molar-refractivity contribution in [2.75, 3.05) is 4.90 Å². The first-order valence-electron chi connectivity index (χ1n) is 20.4. The Morgan fingerprint density at radius 3 is 1.85 bits per heavy atom. The molecule has 2 nitrogen and oxygen atoms in total. The highest BCUT2D eigenvalue weighted by Gasteiger charge is 2.37. The van der Waals surface area contributed by atoms with Crippen molar-refractivity contribution >= 4 is 70.2 Å². The molecular formula is C56H38N2S. The van der Waals surface area contributed by atoms with Gasteiger partial charge in [0.05, 0.1) is 5.69 Å². The van der Waals surface area contributed by atoms with Crippen LogP contribution in [-0.4, -0.2) is 4.98 Å². The Morgan fingerprint density at radius 1 is 0.441 bits per heavy atom. The Bertz CT molecular complexity index is 3400. The first-order valence-corrected chi connectivity index (χ1v) is 21.2. The Hall–Kier alpha value is -7.07. The molecule has 0 fully saturated rings. The minimum Gasteiger partial charge on any atom is -0.295 e. The second-order valence-corrected chi connectivity index (χ2v) is 17.3. The summed E-state index contributed by atoms with van der Waals surface area (Å²) in [6, 6.07) is 70.9. The molecule has 11 aromatic rings. The summed E-state index contributed by atoms with van der Waals surface area (Å²) >= 11 is 1.88. The summed E-state index contributed by atoms with van der Waals surface area (Å²) in [5.41, 5.74) is 14.3. The molecule has 0 radical (unpaired) electrons. The van der Waals surface area contributed by atoms with Crippen LogP contribution in [0.15, 0.2) is 194 Å². The van der Waals surface area contributed by atoms with Crippen molar-refractivity contribution in [3.63, 3.8) is 0 Å². The summed E-state index contributed by atoms with van der Waals surface area (Å²) < 4.78 is 2.60. The van der Waals surface area contributed by atoms with Gasteiger partial charge in [-0.2, -0.15) is 0 Å². The van der Waals surface area contributed by atoms with Crippen LogP contribution in [0.25, 0.3) is 86.4 Å². The van der Waals surface area contributed by atoms with E-state index >= 15 is 0 Å². The second-order valence-electron chi connectivity index (χ2n) is 16.3. The highest BCUT2D eigenvalue weighted by atomic mass is 32.1. The number of nitrogens with zero attached hydrogens (tertiary/aromatic N) is 2. The van der Waals surface area contributed by atoms with Crippen LogP contribution in [0.1, 0.15) is 25.0 Å². The topological polar surface area (TPSA) is 16.1 Å². The zero-order chi connectivity index (χ0) is 39.2. The van der Waals surface area contributed by atoms with E-state index in [1.54, 1.807) is 0 Å². The minimum atomic E-state index is -0.194. The van der Waals surface area contributed by atoms with Crippen molar-refractivity contribution in [3.8, 4) is 44.6 Å². The normalized spacial score (nSPS) is 13.1. The Morgan fingerprint density at radius 2 is 1.07 bits per heavy atom. The van der Waals surface area contributed by atoms with Gasteiger partial charge >= 0.3 is 0 Å². The summed E-state index contributed by atoms with van der Waals surface area (Å²) in [5.74, 6) is 0.879. The number of benzene rings is 9. The summed E-state index contributed by atoms with van der Waals surface area (Å²) in [6.07, 6.45) is 0. The van der Waals surface area contributed by atoms with Gasteiger partial charge in [0.25, 0.3) is 0 Å². The highest BCUT2D eigenvalue weighted by molar-refractivity contribution is 7.26. The maximum absolute atomic E-state index is 5.57. The molecule has 2 heterocycles. The van der Waals surface area contributed by atoms with E-state index in [0.29, 0.717) is 0 Å². The van der Waals surface area contributed by atoms with Crippen LogP contribution in [0.4, 0.5) is 17.2 Å². The highest BCUT2D eigenvalue weighted by Crippen LogP contribution is 2.54. The molecule has 0 saturated heterocycles. The lowest BCUT2D eigenvalue weighted by molar-refractivity contribution is 0.660. The molecular weight excluding hydrogens is 733 g/mol. The fourth-order valence-corrected chi connectivity index (χ4v) is 11.1. The zero-order valence-corrected chi connectivity index (χ0v) is 33.6. The van der Waals surface area contributed by atoms with Crippen molar-refractivity contribution in [2.24, 2.45) is 0 Å². The van der Waals surface area contributed by atoms with E-state index in [1.807, 2.05) is 11.3 Å². The molecule has 0 aliphatic heterocycles. The van der Waals surface area contributed by atoms with Crippen molar-refractivity contribution in [1.82, 2.24) is 4.98 Å². The van der Waals surface area contributed by atoms with E-state index in [0.717, 1.165) is 28.5 Å². The molecule has 278 valence electrons. The van der Waals surface area contributed by atoms with Crippen LogP contribution in [-0.2, 0) is 5.41 Å². The number of anilines is 3. The van der Waals surface area contributed by atoms with Gasteiger partial charge in [0.1, 0.15) is 5.82 Å². The molecule has 1 aliphatic carbocycles. The summed E-state index contributed by atoms with van der Waals surface area (Å²) in [6.45, 7) is 4.74. The number of hydrogen-bond donors (Lipinski definition) is 0. The van der Waals surface area contributed by atoms with Gasteiger partial charge in [-0.1, -0.05) is 166 Å². The summed E-state index contributed by atoms with van der Waals surface area (Å²) in [5, 5.41) is 7.93. The smallest absolute Gasteiger partial charge is 0.138 e. The third kappa shape index (κ3) is 5.15. The van der Waals surface area contributed by atoms with E-state index < -0.39 is 0 Å². The van der Waals surface area contributed by atoms with E-state index in [4.69, 9.17) is 4.98 Å². The number of pyridine rings is 1. The molecule has 0 spiro atoms. The van der Waals surface area contributed by atoms with Gasteiger partial charge < -0.3 is 0 Å². The third-order valence-corrected chi connectivity index (χ3v) is 13.8. The largest absolute Gasteiger partial charge is 0.295 e. The van der Waals surface area contributed by atoms with Crippen molar-refractivity contribution in [2.45, 2.75) is 19.3 Å². The van der Waals surface area contributed by atoms with E-state index in [9.17, 15) is 0 Å². The second kappa shape index (κ2) is 13.0. The van der Waals surface area contributed by atoms with E-state index in [2.05, 4.69) is 213 Å². The molecule has 0 N–H and O–H groups in total. The molecule has 3 heteroatoms. The van der Waals surface area contributed by atoms with E-state index in [1.165, 1.54) is 86.2 Å². The van der Waals surface area contributed by atoms with Gasteiger partial charge in [-0.3, -0.25) is 4.90 Å². The quantitative estimate of drug-likeness (QED) is 0.157. The standard InChI is InChI=1S/C56H38N2S/c1-56(2)47-22-11-20-40(37-16-7-4-8-17-37)52(47)45-31-30-39(34-48(45)56)58(38-28-26-36(27-29-38)35-14-5-3-6-15-35)51-25-13-23-49(57-51)46-33-32-44-42-19-10-9-18-41(42)43-21-12-24-50-53(43)54(44)55(46)59-50/h3-34H,1-2H3. The predicted molar refractivity (Wildman–Crippen MR) is 252 cm³/mol. The predicted octanol–water partition coefficient (Wildman–Crippen LogP) is 16.0. The van der Waals surface area contributed by atoms with Crippen LogP contribution >= 0.6 is 11.3 Å². The minimum absolute atomic E-state index is 0.194. The zero-order valence-electron chi connectivity index (χ0n) is 32.8. The molecule has 0 saturated carbocycles. The molecule has 0 bridgehead atoms. The van der Waals surface area contributed by atoms with Gasteiger partial charge in [0.15, 0.2) is 0 Å². The number of aromatic nitrogens is 1. The lowest BCUT2D eigenvalue weighted by atomic mass is 9.81. The lowest BCUT2D eigenvalue weighted by Gasteiger charge is -2.27. The summed E-state index contributed by atoms with van der Waals surface area (Å²) in [7, 11) is 0. The average molecular weight is 771 g/mol. The fourth-order valence-electron chi connectivity index (χ4n) is 9.84. The first-order chi connectivity index (χ1) is 29.0. The first kappa shape index (κ1) is 34.0. The monoisotopic (exact) mass is 770 g/mol. The van der Waals surface area contributed by atoms with Crippen LogP contribution < -0.4 is 4.90 Å². The van der Waals surface area contributed by atoms with Crippen LogP contribution in [0.2, 0.25) is 0 Å². The summed E-state index contributed by atoms with van der Waals surface area (Å²) in [4.78, 5) is 7.90. The molecule has 9 aromatic carbocycles. The average Bonchev–Trinajstić information content (AvgIpc) is 3.80. The van der Waals surface area contributed by atoms with Crippen LogP contribution in [0, 0.1) is 0 Å². The number of thiophene rings is 1. The number of rotatable bonds is 6. The van der Waals surface area contributed by atoms with Crippen LogP contribution in [0.5, 0.6) is 0 Å². The maximum Gasteiger partial charge on any atom is 0.138 e. The van der Waals surface area contributed by atoms with Gasteiger partial charge in [-0.05, 0) is 109 Å². The number of hydrogen-bond acceptors (Lipinski definition) is 3. The molecule has 59 heavy (non-hydrogen) atoms. The van der Waals surface area contributed by atoms with Crippen molar-refractivity contribution < 1.29 is 0 Å². The van der Waals surface area contributed by atoms with Gasteiger partial charge in [0, 0.05) is 42.5 Å². The maximum atomic E-state index is 5.57. The molecule has 0 atom stereocenters. The van der Waals surface area contributed by atoms with E-state index in [-0.39, 0.29) is 5.41 Å². The Kier molecular flexibility index (Phi) is 7.48. The third-order valence-electron chi connectivity index (χ3n) is 12.7. The molecule has 12 rings (SSSR count). The SMILES string of the molecule is CC1(C)c2cc(N(c3ccc(-c4ccccc4)cc3)c3cccc(-c4ccc5c6ccccc6c6cccc7sc4c5c76)n3)ccc2-c2c(-c3ccccc3)cccc21. The van der Waals surface area contributed by atoms with Gasteiger partial charge in [-0.15, -0.1) is 11.3 Å². The van der Waals surface area contributed by atoms with Gasteiger partial charge in [-0.25, -0.2) is 4.98 Å². The number of fused-ring (bicyclic) bond motifs is 6.